The third-order valence-corrected chi connectivity index (χ3v) is 5.76. The van der Waals surface area contributed by atoms with Crippen LogP contribution in [-0.2, 0) is 16.1 Å². The molecule has 5 nitrogen and oxygen atoms in total. The number of benzene rings is 3. The number of anilines is 1. The summed E-state index contributed by atoms with van der Waals surface area (Å²) in [5.41, 5.74) is 4.82. The monoisotopic (exact) mass is 431 g/mol. The Hall–Kier alpha value is -3.15. The van der Waals surface area contributed by atoms with E-state index < -0.39 is 0 Å². The van der Waals surface area contributed by atoms with E-state index in [4.69, 9.17) is 14.6 Å². The molecule has 0 fully saturated rings. The summed E-state index contributed by atoms with van der Waals surface area (Å²) in [5, 5.41) is 12.2. The van der Waals surface area contributed by atoms with Crippen molar-refractivity contribution in [3.8, 4) is 11.5 Å². The normalized spacial score (nSPS) is 12.8. The van der Waals surface area contributed by atoms with Crippen LogP contribution in [0.4, 0.5) is 5.69 Å². The smallest absolute Gasteiger partial charge is 0.225 e. The number of ether oxygens (including phenoxy) is 2. The van der Waals surface area contributed by atoms with E-state index in [0.717, 1.165) is 39.4 Å². The molecule has 32 heavy (non-hydrogen) atoms. The molecule has 0 aliphatic carbocycles. The number of carbonyl (C=O) groups is 1. The summed E-state index contributed by atoms with van der Waals surface area (Å²) in [4.78, 5) is 13.3. The van der Waals surface area contributed by atoms with E-state index in [9.17, 15) is 4.79 Å². The first-order chi connectivity index (χ1) is 15.6. The topological polar surface area (TPSA) is 67.8 Å². The zero-order valence-corrected chi connectivity index (χ0v) is 18.5. The van der Waals surface area contributed by atoms with Gasteiger partial charge in [0.05, 0.1) is 19.8 Å². The summed E-state index contributed by atoms with van der Waals surface area (Å²) in [6.45, 7) is 4.77. The SMILES string of the molecule is CC(C)c1cccc(COCCO)c1NC(=O)CC1c2ccccc2Oc2ccccc21. The van der Waals surface area contributed by atoms with Gasteiger partial charge >= 0.3 is 0 Å². The Balaban J connectivity index is 1.61. The quantitative estimate of drug-likeness (QED) is 0.457. The molecule has 1 aliphatic heterocycles. The van der Waals surface area contributed by atoms with Gasteiger partial charge in [0.2, 0.25) is 5.91 Å². The molecule has 0 radical (unpaired) electrons. The number of hydrogen-bond donors (Lipinski definition) is 2. The molecule has 0 aromatic heterocycles. The maximum absolute atomic E-state index is 13.3. The third-order valence-electron chi connectivity index (χ3n) is 5.76. The molecule has 1 aliphatic rings. The van der Waals surface area contributed by atoms with Crippen LogP contribution in [0.1, 0.15) is 54.4 Å². The summed E-state index contributed by atoms with van der Waals surface area (Å²) in [7, 11) is 0. The van der Waals surface area contributed by atoms with Crippen molar-refractivity contribution >= 4 is 11.6 Å². The van der Waals surface area contributed by atoms with Crippen LogP contribution in [0.3, 0.4) is 0 Å². The van der Waals surface area contributed by atoms with Crippen LogP contribution in [0.2, 0.25) is 0 Å². The molecule has 0 atom stereocenters. The Morgan fingerprint density at radius 2 is 1.66 bits per heavy atom. The lowest BCUT2D eigenvalue weighted by Crippen LogP contribution is -2.21. The van der Waals surface area contributed by atoms with Crippen molar-refractivity contribution in [1.29, 1.82) is 0 Å². The van der Waals surface area contributed by atoms with Gasteiger partial charge < -0.3 is 19.9 Å². The van der Waals surface area contributed by atoms with Crippen LogP contribution in [-0.4, -0.2) is 24.2 Å². The molecule has 0 bridgehead atoms. The zero-order chi connectivity index (χ0) is 22.5. The number of aliphatic hydroxyl groups is 1. The van der Waals surface area contributed by atoms with E-state index in [-0.39, 0.29) is 31.0 Å². The van der Waals surface area contributed by atoms with E-state index in [1.54, 1.807) is 0 Å². The van der Waals surface area contributed by atoms with Gasteiger partial charge in [0.1, 0.15) is 11.5 Å². The van der Waals surface area contributed by atoms with Crippen molar-refractivity contribution < 1.29 is 19.4 Å². The first kappa shape index (κ1) is 22.1. The summed E-state index contributed by atoms with van der Waals surface area (Å²) in [6.07, 6.45) is 0.306. The number of aliphatic hydroxyl groups excluding tert-OH is 1. The zero-order valence-electron chi connectivity index (χ0n) is 18.5. The molecule has 3 aromatic carbocycles. The lowest BCUT2D eigenvalue weighted by atomic mass is 9.85. The van der Waals surface area contributed by atoms with Crippen LogP contribution >= 0.6 is 0 Å². The maximum Gasteiger partial charge on any atom is 0.225 e. The molecule has 1 heterocycles. The average Bonchev–Trinajstić information content (AvgIpc) is 2.80. The van der Waals surface area contributed by atoms with Crippen LogP contribution in [0.5, 0.6) is 11.5 Å². The van der Waals surface area contributed by atoms with Gasteiger partial charge in [0.25, 0.3) is 0 Å². The Morgan fingerprint density at radius 3 is 2.28 bits per heavy atom. The predicted octanol–water partition coefficient (Wildman–Crippen LogP) is 5.59. The minimum atomic E-state index is -0.0866. The van der Waals surface area contributed by atoms with E-state index in [0.29, 0.717) is 13.0 Å². The highest BCUT2D eigenvalue weighted by molar-refractivity contribution is 5.93. The van der Waals surface area contributed by atoms with Gasteiger partial charge in [-0.3, -0.25) is 4.79 Å². The molecule has 2 N–H and O–H groups in total. The Labute approximate surface area is 189 Å². The molecule has 5 heteroatoms. The van der Waals surface area contributed by atoms with E-state index in [2.05, 4.69) is 19.2 Å². The minimum Gasteiger partial charge on any atom is -0.457 e. The van der Waals surface area contributed by atoms with Crippen molar-refractivity contribution in [1.82, 2.24) is 0 Å². The fourth-order valence-corrected chi connectivity index (χ4v) is 4.22. The highest BCUT2D eigenvalue weighted by atomic mass is 16.5. The van der Waals surface area contributed by atoms with Crippen LogP contribution in [0.25, 0.3) is 0 Å². The highest BCUT2D eigenvalue weighted by Crippen LogP contribution is 2.45. The second-order valence-electron chi connectivity index (χ2n) is 8.29. The second-order valence-corrected chi connectivity index (χ2v) is 8.29. The molecule has 0 unspecified atom stereocenters. The third kappa shape index (κ3) is 4.69. The summed E-state index contributed by atoms with van der Waals surface area (Å²) in [5.74, 6) is 1.69. The molecule has 0 spiro atoms. The lowest BCUT2D eigenvalue weighted by molar-refractivity contribution is -0.116. The summed E-state index contributed by atoms with van der Waals surface area (Å²) >= 11 is 0. The van der Waals surface area contributed by atoms with Crippen molar-refractivity contribution in [2.24, 2.45) is 0 Å². The van der Waals surface area contributed by atoms with Crippen molar-refractivity contribution in [2.45, 2.75) is 38.7 Å². The fraction of sp³-hybridized carbons (Fsp3) is 0.296. The Morgan fingerprint density at radius 1 is 1.00 bits per heavy atom. The first-order valence-corrected chi connectivity index (χ1v) is 11.0. The standard InChI is InChI=1S/C27H29NO4/c1-18(2)20-11-7-8-19(17-31-15-14-29)27(20)28-26(30)16-23-21-9-3-5-12-24(21)32-25-13-6-4-10-22(23)25/h3-13,18,23,29H,14-17H2,1-2H3,(H,28,30). The summed E-state index contributed by atoms with van der Waals surface area (Å²) < 4.78 is 11.6. The number of hydrogen-bond acceptors (Lipinski definition) is 4. The molecule has 166 valence electrons. The lowest BCUT2D eigenvalue weighted by Gasteiger charge is -2.28. The number of amides is 1. The van der Waals surface area contributed by atoms with Gasteiger partial charge in [-0.15, -0.1) is 0 Å². The summed E-state index contributed by atoms with van der Waals surface area (Å²) in [6, 6.07) is 21.8. The maximum atomic E-state index is 13.3. The Kier molecular flexibility index (Phi) is 6.88. The fourth-order valence-electron chi connectivity index (χ4n) is 4.22. The minimum absolute atomic E-state index is 0.0336. The van der Waals surface area contributed by atoms with Gasteiger partial charge in [0.15, 0.2) is 0 Å². The van der Waals surface area contributed by atoms with E-state index >= 15 is 0 Å². The highest BCUT2D eigenvalue weighted by Gasteiger charge is 2.29. The Bertz CT molecular complexity index is 1050. The predicted molar refractivity (Wildman–Crippen MR) is 125 cm³/mol. The molecule has 3 aromatic rings. The molecular weight excluding hydrogens is 402 g/mol. The van der Waals surface area contributed by atoms with Gasteiger partial charge in [-0.25, -0.2) is 0 Å². The molecule has 0 saturated heterocycles. The van der Waals surface area contributed by atoms with E-state index in [1.807, 2.05) is 66.7 Å². The van der Waals surface area contributed by atoms with E-state index in [1.165, 1.54) is 0 Å². The van der Waals surface area contributed by atoms with Gasteiger partial charge in [-0.2, -0.15) is 0 Å². The van der Waals surface area contributed by atoms with Crippen molar-refractivity contribution in [2.75, 3.05) is 18.5 Å². The van der Waals surface area contributed by atoms with Crippen molar-refractivity contribution in [3.05, 3.63) is 89.0 Å². The molecule has 4 rings (SSSR count). The average molecular weight is 432 g/mol. The molecular formula is C27H29NO4. The van der Waals surface area contributed by atoms with Gasteiger partial charge in [-0.1, -0.05) is 68.4 Å². The van der Waals surface area contributed by atoms with Crippen molar-refractivity contribution in [3.63, 3.8) is 0 Å². The van der Waals surface area contributed by atoms with Crippen LogP contribution in [0, 0.1) is 0 Å². The van der Waals surface area contributed by atoms with Gasteiger partial charge in [0, 0.05) is 34.7 Å². The number of carbonyl (C=O) groups excluding carboxylic acids is 1. The second kappa shape index (κ2) is 9.98. The number of rotatable bonds is 8. The number of para-hydroxylation sites is 3. The number of fused-ring (bicyclic) bond motifs is 2. The van der Waals surface area contributed by atoms with Crippen LogP contribution in [0.15, 0.2) is 66.7 Å². The number of nitrogens with one attached hydrogen (secondary N) is 1. The van der Waals surface area contributed by atoms with Crippen LogP contribution < -0.4 is 10.1 Å². The molecule has 0 saturated carbocycles. The van der Waals surface area contributed by atoms with Gasteiger partial charge in [-0.05, 0) is 23.6 Å². The largest absolute Gasteiger partial charge is 0.457 e. The first-order valence-electron chi connectivity index (χ1n) is 11.0. The molecule has 1 amide bonds.